The zero-order valence-electron chi connectivity index (χ0n) is 20.8. The Morgan fingerprint density at radius 2 is 1.40 bits per heavy atom. The minimum Gasteiger partial charge on any atom is -0.299 e. The van der Waals surface area contributed by atoms with Gasteiger partial charge in [0.2, 0.25) is 5.79 Å². The Hall–Kier alpha value is -0.490. The van der Waals surface area contributed by atoms with Crippen molar-refractivity contribution in [2.24, 2.45) is 5.92 Å². The molecule has 1 unspecified atom stereocenters. The summed E-state index contributed by atoms with van der Waals surface area (Å²) in [4.78, 5) is 33.4. The second-order valence-electron chi connectivity index (χ2n) is 10.9. The molecule has 30 heavy (non-hydrogen) atoms. The van der Waals surface area contributed by atoms with E-state index in [1.165, 1.54) is 38.5 Å². The lowest BCUT2D eigenvalue weighted by Gasteiger charge is -2.37. The molecule has 0 heterocycles. The van der Waals surface area contributed by atoms with E-state index in [2.05, 4.69) is 6.92 Å². The van der Waals surface area contributed by atoms with Crippen LogP contribution in [-0.2, 0) is 24.3 Å². The fourth-order valence-electron chi connectivity index (χ4n) is 3.67. The first-order valence-corrected chi connectivity index (χ1v) is 12.2. The molecule has 5 heteroatoms. The van der Waals surface area contributed by atoms with Crippen molar-refractivity contribution in [1.82, 2.24) is 0 Å². The van der Waals surface area contributed by atoms with Gasteiger partial charge in [0.15, 0.2) is 0 Å². The molecule has 0 spiro atoms. The minimum absolute atomic E-state index is 0.352. The van der Waals surface area contributed by atoms with Gasteiger partial charge in [0.05, 0.1) is 11.2 Å². The molecule has 0 N–H and O–H groups in total. The Labute approximate surface area is 185 Å². The van der Waals surface area contributed by atoms with E-state index in [-0.39, 0.29) is 11.2 Å². The van der Waals surface area contributed by atoms with Crippen LogP contribution in [0.3, 0.4) is 0 Å². The lowest BCUT2D eigenvalue weighted by molar-refractivity contribution is -0.545. The Bertz CT molecular complexity index is 449. The SMILES string of the molecule is CC(C)(C)OOC1(OOC(C)(C)C)CCCCC1.CCCCCC1CCCCC1=O. The summed E-state index contributed by atoms with van der Waals surface area (Å²) in [7, 11) is 0. The molecule has 1 atom stereocenters. The molecule has 0 aromatic rings. The molecule has 0 radical (unpaired) electrons. The van der Waals surface area contributed by atoms with Crippen molar-refractivity contribution in [2.45, 2.75) is 149 Å². The molecule has 2 rings (SSSR count). The van der Waals surface area contributed by atoms with E-state index in [9.17, 15) is 4.79 Å². The maximum atomic E-state index is 11.4. The van der Waals surface area contributed by atoms with Gasteiger partial charge < -0.3 is 0 Å². The number of unbranched alkanes of at least 4 members (excludes halogenated alkanes) is 2. The summed E-state index contributed by atoms with van der Waals surface area (Å²) in [6.07, 6.45) is 14.4. The largest absolute Gasteiger partial charge is 0.299 e. The van der Waals surface area contributed by atoms with E-state index in [1.807, 2.05) is 41.5 Å². The first kappa shape index (κ1) is 27.5. The van der Waals surface area contributed by atoms with Crippen molar-refractivity contribution in [3.05, 3.63) is 0 Å². The van der Waals surface area contributed by atoms with Crippen LogP contribution in [-0.4, -0.2) is 22.8 Å². The Balaban J connectivity index is 0.000000325. The highest BCUT2D eigenvalue weighted by Crippen LogP contribution is 2.35. The van der Waals surface area contributed by atoms with Gasteiger partial charge in [-0.25, -0.2) is 9.78 Å². The zero-order valence-corrected chi connectivity index (χ0v) is 20.8. The highest BCUT2D eigenvalue weighted by atomic mass is 17.3. The number of Topliss-reactive ketones (excluding diaryl/α,β-unsaturated/α-hetero) is 1. The van der Waals surface area contributed by atoms with Gasteiger partial charge in [0.25, 0.3) is 0 Å². The molecule has 2 aliphatic carbocycles. The third kappa shape index (κ3) is 12.4. The summed E-state index contributed by atoms with van der Waals surface area (Å²) < 4.78 is 0. The van der Waals surface area contributed by atoms with Crippen LogP contribution in [0.2, 0.25) is 0 Å². The second-order valence-corrected chi connectivity index (χ2v) is 10.9. The molecular weight excluding hydrogens is 380 g/mol. The number of carbonyl (C=O) groups excluding carboxylic acids is 1. The monoisotopic (exact) mass is 428 g/mol. The lowest BCUT2D eigenvalue weighted by atomic mass is 9.84. The van der Waals surface area contributed by atoms with Gasteiger partial charge >= 0.3 is 0 Å². The summed E-state index contributed by atoms with van der Waals surface area (Å²) in [5, 5.41) is 0. The molecule has 0 aromatic carbocycles. The minimum atomic E-state index is -0.751. The number of carbonyl (C=O) groups is 1. The summed E-state index contributed by atoms with van der Waals surface area (Å²) >= 11 is 0. The normalized spacial score (nSPS) is 22.4. The molecule has 0 saturated heterocycles. The highest BCUT2D eigenvalue weighted by molar-refractivity contribution is 5.81. The number of ketones is 1. The first-order valence-electron chi connectivity index (χ1n) is 12.2. The summed E-state index contributed by atoms with van der Waals surface area (Å²) in [6, 6.07) is 0. The van der Waals surface area contributed by atoms with Crippen LogP contribution in [0.5, 0.6) is 0 Å². The highest BCUT2D eigenvalue weighted by Gasteiger charge is 2.39. The number of hydrogen-bond donors (Lipinski definition) is 0. The van der Waals surface area contributed by atoms with Crippen LogP contribution < -0.4 is 0 Å². The predicted octanol–water partition coefficient (Wildman–Crippen LogP) is 7.47. The van der Waals surface area contributed by atoms with Crippen LogP contribution in [0.25, 0.3) is 0 Å². The molecule has 178 valence electrons. The average Bonchev–Trinajstić information content (AvgIpc) is 2.67. The van der Waals surface area contributed by atoms with Gasteiger partial charge in [0, 0.05) is 25.2 Å². The quantitative estimate of drug-likeness (QED) is 0.174. The van der Waals surface area contributed by atoms with Crippen LogP contribution >= 0.6 is 0 Å². The second kappa shape index (κ2) is 13.1. The Morgan fingerprint density at radius 3 is 1.87 bits per heavy atom. The topological polar surface area (TPSA) is 54.0 Å². The standard InChI is InChI=1S/C14H28O4.C11H20O/c1-12(2,3)15-17-14(10-8-7-9-11-14)18-16-13(4,5)6;1-2-3-4-7-10-8-5-6-9-11(10)12/h7-11H2,1-6H3;10H,2-9H2,1H3. The molecule has 0 aliphatic heterocycles. The molecule has 0 aromatic heterocycles. The van der Waals surface area contributed by atoms with Crippen molar-refractivity contribution in [1.29, 1.82) is 0 Å². The van der Waals surface area contributed by atoms with Crippen molar-refractivity contribution in [3.63, 3.8) is 0 Å². The molecule has 2 aliphatic rings. The van der Waals surface area contributed by atoms with E-state index in [0.29, 0.717) is 11.7 Å². The zero-order chi connectivity index (χ0) is 22.7. The van der Waals surface area contributed by atoms with E-state index in [4.69, 9.17) is 19.6 Å². The lowest BCUT2D eigenvalue weighted by Crippen LogP contribution is -2.42. The van der Waals surface area contributed by atoms with Crippen molar-refractivity contribution in [3.8, 4) is 0 Å². The number of hydrogen-bond acceptors (Lipinski definition) is 5. The molecule has 0 amide bonds. The van der Waals surface area contributed by atoms with E-state index >= 15 is 0 Å². The fraction of sp³-hybridized carbons (Fsp3) is 0.960. The van der Waals surface area contributed by atoms with E-state index in [1.54, 1.807) is 0 Å². The number of rotatable bonds is 8. The molecule has 2 saturated carbocycles. The van der Waals surface area contributed by atoms with Gasteiger partial charge in [0.1, 0.15) is 5.78 Å². The van der Waals surface area contributed by atoms with Crippen LogP contribution in [0.1, 0.15) is 132 Å². The Morgan fingerprint density at radius 1 is 0.833 bits per heavy atom. The smallest absolute Gasteiger partial charge is 0.234 e. The first-order chi connectivity index (χ1) is 14.0. The molecule has 5 nitrogen and oxygen atoms in total. The van der Waals surface area contributed by atoms with E-state index in [0.717, 1.165) is 44.9 Å². The molecule has 2 fully saturated rings. The molecular formula is C25H48O5. The van der Waals surface area contributed by atoms with Gasteiger partial charge in [-0.15, -0.1) is 0 Å². The van der Waals surface area contributed by atoms with Gasteiger partial charge in [-0.3, -0.25) is 4.79 Å². The van der Waals surface area contributed by atoms with Gasteiger partial charge in [-0.2, -0.15) is 9.78 Å². The summed E-state index contributed by atoms with van der Waals surface area (Å²) in [5.41, 5.74) is -0.703. The van der Waals surface area contributed by atoms with Gasteiger partial charge in [-0.1, -0.05) is 39.0 Å². The van der Waals surface area contributed by atoms with Gasteiger partial charge in [-0.05, 0) is 73.6 Å². The third-order valence-corrected chi connectivity index (χ3v) is 5.34. The summed E-state index contributed by atoms with van der Waals surface area (Å²) in [6.45, 7) is 13.9. The van der Waals surface area contributed by atoms with Crippen LogP contribution in [0, 0.1) is 5.92 Å². The maximum absolute atomic E-state index is 11.4. The predicted molar refractivity (Wildman–Crippen MR) is 121 cm³/mol. The van der Waals surface area contributed by atoms with E-state index < -0.39 is 5.79 Å². The summed E-state index contributed by atoms with van der Waals surface area (Å²) in [5.74, 6) is 0.223. The average molecular weight is 429 g/mol. The Kier molecular flexibility index (Phi) is 12.1. The third-order valence-electron chi connectivity index (χ3n) is 5.34. The van der Waals surface area contributed by atoms with Crippen molar-refractivity contribution < 1.29 is 24.3 Å². The van der Waals surface area contributed by atoms with Crippen LogP contribution in [0.15, 0.2) is 0 Å². The van der Waals surface area contributed by atoms with Crippen LogP contribution in [0.4, 0.5) is 0 Å². The maximum Gasteiger partial charge on any atom is 0.234 e. The van der Waals surface area contributed by atoms with Crippen molar-refractivity contribution in [2.75, 3.05) is 0 Å². The van der Waals surface area contributed by atoms with Crippen molar-refractivity contribution >= 4 is 5.78 Å². The fourth-order valence-corrected chi connectivity index (χ4v) is 3.67. The molecule has 0 bridgehead atoms.